The summed E-state index contributed by atoms with van der Waals surface area (Å²) >= 11 is 0. The van der Waals surface area contributed by atoms with Gasteiger partial charge < -0.3 is 14.4 Å². The van der Waals surface area contributed by atoms with Crippen LogP contribution in [0.2, 0.25) is 0 Å². The van der Waals surface area contributed by atoms with Gasteiger partial charge in [-0.2, -0.15) is 0 Å². The van der Waals surface area contributed by atoms with E-state index in [1.165, 1.54) is 23.1 Å². The quantitative estimate of drug-likeness (QED) is 0.525. The van der Waals surface area contributed by atoms with Crippen LogP contribution < -0.4 is 4.74 Å². The lowest BCUT2D eigenvalue weighted by atomic mass is 9.55. The predicted molar refractivity (Wildman–Crippen MR) is 132 cm³/mol. The Morgan fingerprint density at radius 2 is 1.94 bits per heavy atom. The lowest BCUT2D eigenvalue weighted by Gasteiger charge is -2.48. The van der Waals surface area contributed by atoms with Gasteiger partial charge in [0, 0.05) is 31.3 Å². The Bertz CT molecular complexity index is 921. The van der Waals surface area contributed by atoms with Crippen LogP contribution in [-0.2, 0) is 27.2 Å². The Morgan fingerprint density at radius 3 is 2.74 bits per heavy atom. The van der Waals surface area contributed by atoms with Gasteiger partial charge in [0.1, 0.15) is 11.5 Å². The van der Waals surface area contributed by atoms with Crippen LogP contribution in [0.15, 0.2) is 12.1 Å². The van der Waals surface area contributed by atoms with Crippen LogP contribution in [0.25, 0.3) is 0 Å². The van der Waals surface area contributed by atoms with Crippen molar-refractivity contribution < 1.29 is 19.1 Å². The number of amides is 1. The van der Waals surface area contributed by atoms with E-state index in [0.717, 1.165) is 76.6 Å². The van der Waals surface area contributed by atoms with E-state index < -0.39 is 0 Å². The SMILES string of the molecule is COc1cc2c(cc1CCCCCC(=O)N1CCOCC1)[C@H]1CC[C@]3(C)C(=O)CC[C@H]3[C@@H]1CC2. The van der Waals surface area contributed by atoms with E-state index in [2.05, 4.69) is 19.1 Å². The summed E-state index contributed by atoms with van der Waals surface area (Å²) in [6, 6.07) is 4.75. The predicted octanol–water partition coefficient (Wildman–Crippen LogP) is 5.08. The van der Waals surface area contributed by atoms with E-state index in [1.54, 1.807) is 7.11 Å². The molecule has 2 saturated carbocycles. The highest BCUT2D eigenvalue weighted by Gasteiger charge is 2.54. The number of hydrogen-bond donors (Lipinski definition) is 0. The number of Topliss-reactive ketones (excluding diaryl/α,β-unsaturated/α-hetero) is 1. The Balaban J connectivity index is 1.21. The van der Waals surface area contributed by atoms with E-state index in [0.29, 0.717) is 43.2 Å². The summed E-state index contributed by atoms with van der Waals surface area (Å²) in [5.74, 6) is 3.65. The second kappa shape index (κ2) is 10.0. The number of methoxy groups -OCH3 is 1. The van der Waals surface area contributed by atoms with Crippen molar-refractivity contribution >= 4 is 11.7 Å². The summed E-state index contributed by atoms with van der Waals surface area (Å²) in [5, 5.41) is 0. The molecule has 0 radical (unpaired) electrons. The van der Waals surface area contributed by atoms with Crippen molar-refractivity contribution in [2.24, 2.45) is 17.3 Å². The van der Waals surface area contributed by atoms with Crippen molar-refractivity contribution in [2.45, 2.75) is 83.5 Å². The van der Waals surface area contributed by atoms with Crippen LogP contribution in [0.4, 0.5) is 0 Å². The van der Waals surface area contributed by atoms with Crippen LogP contribution in [0, 0.1) is 17.3 Å². The lowest BCUT2D eigenvalue weighted by molar-refractivity contribution is -0.135. The van der Waals surface area contributed by atoms with Gasteiger partial charge in [0.15, 0.2) is 0 Å². The van der Waals surface area contributed by atoms with Crippen molar-refractivity contribution in [1.29, 1.82) is 0 Å². The molecule has 1 aromatic rings. The van der Waals surface area contributed by atoms with Crippen LogP contribution in [0.1, 0.15) is 87.3 Å². The first-order chi connectivity index (χ1) is 16.5. The normalized spacial score (nSPS) is 30.5. The van der Waals surface area contributed by atoms with Gasteiger partial charge in [-0.05, 0) is 91.9 Å². The molecule has 4 aliphatic rings. The van der Waals surface area contributed by atoms with Crippen molar-refractivity contribution in [3.63, 3.8) is 0 Å². The molecule has 5 rings (SSSR count). The molecule has 5 nitrogen and oxygen atoms in total. The number of ether oxygens (including phenoxy) is 2. The van der Waals surface area contributed by atoms with E-state index >= 15 is 0 Å². The largest absolute Gasteiger partial charge is 0.496 e. The summed E-state index contributed by atoms with van der Waals surface area (Å²) in [5.41, 5.74) is 4.26. The third-order valence-electron chi connectivity index (χ3n) is 9.54. The summed E-state index contributed by atoms with van der Waals surface area (Å²) < 4.78 is 11.1. The number of unbranched alkanes of at least 4 members (excludes halogenated alkanes) is 2. The van der Waals surface area contributed by atoms with Gasteiger partial charge in [-0.15, -0.1) is 0 Å². The van der Waals surface area contributed by atoms with Gasteiger partial charge in [0.25, 0.3) is 0 Å². The fourth-order valence-corrected chi connectivity index (χ4v) is 7.54. The Labute approximate surface area is 204 Å². The van der Waals surface area contributed by atoms with Gasteiger partial charge in [-0.1, -0.05) is 19.4 Å². The third kappa shape index (κ3) is 4.41. The number of carbonyl (C=O) groups excluding carboxylic acids is 2. The second-order valence-electron chi connectivity index (χ2n) is 11.3. The van der Waals surface area contributed by atoms with Crippen LogP contribution in [0.3, 0.4) is 0 Å². The van der Waals surface area contributed by atoms with Gasteiger partial charge in [0.2, 0.25) is 5.91 Å². The molecule has 3 aliphatic carbocycles. The average molecular weight is 468 g/mol. The number of rotatable bonds is 7. The molecule has 1 aromatic carbocycles. The zero-order chi connectivity index (χ0) is 23.7. The average Bonchev–Trinajstić information content (AvgIpc) is 3.17. The first-order valence-electron chi connectivity index (χ1n) is 13.6. The Morgan fingerprint density at radius 1 is 1.12 bits per heavy atom. The molecule has 0 bridgehead atoms. The highest BCUT2D eigenvalue weighted by atomic mass is 16.5. The maximum atomic E-state index is 12.6. The van der Waals surface area contributed by atoms with Crippen molar-refractivity contribution in [2.75, 3.05) is 33.4 Å². The zero-order valence-corrected chi connectivity index (χ0v) is 21.1. The molecule has 0 N–H and O–H groups in total. The number of benzene rings is 1. The van der Waals surface area contributed by atoms with E-state index in [4.69, 9.17) is 9.47 Å². The molecular weight excluding hydrogens is 426 g/mol. The Kier molecular flexibility index (Phi) is 7.02. The van der Waals surface area contributed by atoms with Crippen LogP contribution in [-0.4, -0.2) is 50.0 Å². The molecule has 0 unspecified atom stereocenters. The van der Waals surface area contributed by atoms with E-state index in [-0.39, 0.29) is 11.3 Å². The van der Waals surface area contributed by atoms with Crippen LogP contribution >= 0.6 is 0 Å². The number of carbonyl (C=O) groups is 2. The minimum Gasteiger partial charge on any atom is -0.496 e. The maximum absolute atomic E-state index is 12.6. The van der Waals surface area contributed by atoms with Crippen molar-refractivity contribution in [3.05, 3.63) is 28.8 Å². The Hall–Kier alpha value is -1.88. The van der Waals surface area contributed by atoms with E-state index in [1.807, 2.05) is 4.90 Å². The molecule has 3 fully saturated rings. The smallest absolute Gasteiger partial charge is 0.222 e. The molecule has 1 heterocycles. The van der Waals surface area contributed by atoms with Crippen molar-refractivity contribution in [1.82, 2.24) is 4.90 Å². The van der Waals surface area contributed by atoms with Gasteiger partial charge >= 0.3 is 0 Å². The first-order valence-corrected chi connectivity index (χ1v) is 13.6. The summed E-state index contributed by atoms with van der Waals surface area (Å²) in [6.45, 7) is 5.06. The molecule has 1 amide bonds. The topological polar surface area (TPSA) is 55.8 Å². The zero-order valence-electron chi connectivity index (χ0n) is 21.1. The fourth-order valence-electron chi connectivity index (χ4n) is 7.54. The number of hydrogen-bond acceptors (Lipinski definition) is 4. The number of nitrogens with zero attached hydrogens (tertiary/aromatic N) is 1. The van der Waals surface area contributed by atoms with Crippen LogP contribution in [0.5, 0.6) is 5.75 Å². The standard InChI is InChI=1S/C29H41NO4/c1-29-13-12-22-23(25(29)10-11-27(29)31)9-8-20-19-26(33-2)21(18-24(20)22)6-4-3-5-7-28(32)30-14-16-34-17-15-30/h18-19,22-23,25H,3-17H2,1-2H3/t22-,23+,25-,29-/m0/s1. The number of morpholine rings is 1. The summed E-state index contributed by atoms with van der Waals surface area (Å²) in [6.07, 6.45) is 11.1. The lowest BCUT2D eigenvalue weighted by Crippen LogP contribution is -2.42. The monoisotopic (exact) mass is 467 g/mol. The molecule has 1 saturated heterocycles. The molecular formula is C29H41NO4. The van der Waals surface area contributed by atoms with Gasteiger partial charge in [0.05, 0.1) is 20.3 Å². The highest BCUT2D eigenvalue weighted by Crippen LogP contribution is 2.59. The number of fused-ring (bicyclic) bond motifs is 5. The molecule has 0 spiro atoms. The molecule has 186 valence electrons. The molecule has 5 heteroatoms. The molecule has 34 heavy (non-hydrogen) atoms. The first kappa shape index (κ1) is 23.8. The third-order valence-corrected chi connectivity index (χ3v) is 9.54. The molecule has 0 aromatic heterocycles. The minimum absolute atomic E-state index is 0.0629. The second-order valence-corrected chi connectivity index (χ2v) is 11.3. The minimum atomic E-state index is -0.0629. The molecule has 4 atom stereocenters. The fraction of sp³-hybridized carbons (Fsp3) is 0.724. The number of ketones is 1. The summed E-state index contributed by atoms with van der Waals surface area (Å²) in [7, 11) is 1.79. The van der Waals surface area contributed by atoms with Gasteiger partial charge in [-0.3, -0.25) is 9.59 Å². The number of aryl methyl sites for hydroxylation is 2. The summed E-state index contributed by atoms with van der Waals surface area (Å²) in [4.78, 5) is 27.0. The van der Waals surface area contributed by atoms with Crippen molar-refractivity contribution in [3.8, 4) is 5.75 Å². The van der Waals surface area contributed by atoms with E-state index in [9.17, 15) is 9.59 Å². The van der Waals surface area contributed by atoms with Gasteiger partial charge in [-0.25, -0.2) is 0 Å². The maximum Gasteiger partial charge on any atom is 0.222 e. The molecule has 1 aliphatic heterocycles. The highest BCUT2D eigenvalue weighted by molar-refractivity contribution is 5.87.